The fourth-order valence-electron chi connectivity index (χ4n) is 5.19. The molecule has 0 aromatic heterocycles. The predicted molar refractivity (Wildman–Crippen MR) is 136 cm³/mol. The lowest BCUT2D eigenvalue weighted by atomic mass is 9.83. The summed E-state index contributed by atoms with van der Waals surface area (Å²) in [5.41, 5.74) is 0.274. The Kier molecular flexibility index (Phi) is 9.20. The van der Waals surface area contributed by atoms with Gasteiger partial charge in [0.1, 0.15) is 23.9 Å². The van der Waals surface area contributed by atoms with Gasteiger partial charge < -0.3 is 29.4 Å². The molecule has 0 saturated carbocycles. The van der Waals surface area contributed by atoms with Crippen molar-refractivity contribution in [1.82, 2.24) is 5.32 Å². The second-order valence-corrected chi connectivity index (χ2v) is 11.2. The van der Waals surface area contributed by atoms with Gasteiger partial charge in [0.2, 0.25) is 5.91 Å². The molecule has 8 atom stereocenters. The Morgan fingerprint density at radius 1 is 1.22 bits per heavy atom. The van der Waals surface area contributed by atoms with Crippen molar-refractivity contribution < 1.29 is 33.6 Å². The minimum Gasteiger partial charge on any atom is -0.459 e. The lowest BCUT2D eigenvalue weighted by molar-refractivity contribution is -0.171. The number of amides is 1. The molecule has 3 saturated heterocycles. The molecule has 1 unspecified atom stereocenters. The van der Waals surface area contributed by atoms with Crippen LogP contribution in [0.25, 0.3) is 0 Å². The SMILES string of the molecule is CC(=O)O[C@H](C)C=CC(=O)NC1C[C@H](C)[C@H](CC=C(C)C=C[C@H]2OC(C)(C)C[C@@]3(CO3)[C@@H]2O)O[C@@H]1C. The maximum atomic E-state index is 12.3. The summed E-state index contributed by atoms with van der Waals surface area (Å²) in [6, 6.07) is -0.0901. The maximum Gasteiger partial charge on any atom is 0.303 e. The van der Waals surface area contributed by atoms with Gasteiger partial charge in [-0.3, -0.25) is 9.59 Å². The fourth-order valence-corrected chi connectivity index (χ4v) is 5.19. The molecule has 3 heterocycles. The molecule has 0 aliphatic carbocycles. The van der Waals surface area contributed by atoms with E-state index in [9.17, 15) is 14.7 Å². The number of nitrogens with one attached hydrogen (secondary N) is 1. The number of rotatable bonds is 8. The summed E-state index contributed by atoms with van der Waals surface area (Å²) in [4.78, 5) is 23.3. The van der Waals surface area contributed by atoms with E-state index in [0.29, 0.717) is 13.0 Å². The van der Waals surface area contributed by atoms with Crippen LogP contribution < -0.4 is 5.32 Å². The van der Waals surface area contributed by atoms with Crippen LogP contribution in [0.4, 0.5) is 0 Å². The van der Waals surface area contributed by atoms with E-state index in [1.807, 2.05) is 39.8 Å². The highest BCUT2D eigenvalue weighted by atomic mass is 16.6. The number of esters is 1. The fraction of sp³-hybridized carbons (Fsp3) is 0.714. The van der Waals surface area contributed by atoms with Gasteiger partial charge in [-0.15, -0.1) is 0 Å². The Balaban J connectivity index is 1.49. The van der Waals surface area contributed by atoms with Crippen LogP contribution in [-0.2, 0) is 28.5 Å². The molecule has 0 radical (unpaired) electrons. The Labute approximate surface area is 215 Å². The maximum absolute atomic E-state index is 12.3. The van der Waals surface area contributed by atoms with E-state index in [-0.39, 0.29) is 41.6 Å². The molecule has 36 heavy (non-hydrogen) atoms. The quantitative estimate of drug-likeness (QED) is 0.225. The lowest BCUT2D eigenvalue weighted by Crippen LogP contribution is -2.53. The zero-order valence-electron chi connectivity index (χ0n) is 22.7. The molecule has 0 aromatic carbocycles. The van der Waals surface area contributed by atoms with E-state index in [1.165, 1.54) is 13.0 Å². The van der Waals surface area contributed by atoms with Crippen molar-refractivity contribution in [3.63, 3.8) is 0 Å². The number of aliphatic hydroxyl groups excluding tert-OH is 1. The monoisotopic (exact) mass is 505 g/mol. The number of ether oxygens (including phenoxy) is 4. The van der Waals surface area contributed by atoms with Gasteiger partial charge in [0.15, 0.2) is 0 Å². The van der Waals surface area contributed by atoms with Gasteiger partial charge in [-0.2, -0.15) is 0 Å². The summed E-state index contributed by atoms with van der Waals surface area (Å²) in [6.45, 7) is 13.8. The van der Waals surface area contributed by atoms with Crippen molar-refractivity contribution in [3.05, 3.63) is 36.0 Å². The Bertz CT molecular complexity index is 888. The van der Waals surface area contributed by atoms with Crippen LogP contribution in [0, 0.1) is 5.92 Å². The molecule has 202 valence electrons. The molecule has 8 heteroatoms. The molecule has 1 spiro atoms. The van der Waals surface area contributed by atoms with Crippen molar-refractivity contribution in [2.24, 2.45) is 5.92 Å². The number of carbonyl (C=O) groups excluding carboxylic acids is 2. The van der Waals surface area contributed by atoms with E-state index in [2.05, 4.69) is 18.3 Å². The largest absolute Gasteiger partial charge is 0.459 e. The van der Waals surface area contributed by atoms with E-state index >= 15 is 0 Å². The number of hydrogen-bond acceptors (Lipinski definition) is 7. The summed E-state index contributed by atoms with van der Waals surface area (Å²) in [7, 11) is 0. The summed E-state index contributed by atoms with van der Waals surface area (Å²) >= 11 is 0. The van der Waals surface area contributed by atoms with E-state index in [0.717, 1.165) is 18.4 Å². The van der Waals surface area contributed by atoms with Crippen LogP contribution in [0.1, 0.15) is 67.7 Å². The van der Waals surface area contributed by atoms with Crippen LogP contribution in [0.3, 0.4) is 0 Å². The van der Waals surface area contributed by atoms with Gasteiger partial charge in [0, 0.05) is 19.4 Å². The number of carbonyl (C=O) groups is 2. The first-order valence-corrected chi connectivity index (χ1v) is 13.0. The van der Waals surface area contributed by atoms with Crippen LogP contribution in [0.5, 0.6) is 0 Å². The van der Waals surface area contributed by atoms with E-state index in [1.54, 1.807) is 13.0 Å². The first-order chi connectivity index (χ1) is 16.8. The standard InChI is InChI=1S/C28H43NO7/c1-17(9-12-24-26(32)28(16-33-28)15-27(6,7)36-24)8-11-23-18(2)14-22(20(4)35-23)29-25(31)13-10-19(3)34-21(5)30/h8-10,12-13,18-20,22-24,26,32H,11,14-16H2,1-7H3,(H,29,31)/t18-,19+,20+,22?,23-,24+,26+,28+/m0/s1. The number of allylic oxidation sites excluding steroid dienone is 2. The van der Waals surface area contributed by atoms with Gasteiger partial charge in [-0.25, -0.2) is 0 Å². The topological polar surface area (TPSA) is 107 Å². The van der Waals surface area contributed by atoms with Crippen molar-refractivity contribution in [2.75, 3.05) is 6.61 Å². The Morgan fingerprint density at radius 3 is 2.56 bits per heavy atom. The van der Waals surface area contributed by atoms with Crippen LogP contribution in [0.15, 0.2) is 36.0 Å². The normalized spacial score (nSPS) is 37.3. The van der Waals surface area contributed by atoms with Crippen molar-refractivity contribution >= 4 is 11.9 Å². The second-order valence-electron chi connectivity index (χ2n) is 11.2. The predicted octanol–water partition coefficient (Wildman–Crippen LogP) is 3.38. The van der Waals surface area contributed by atoms with Crippen molar-refractivity contribution in [1.29, 1.82) is 0 Å². The number of aliphatic hydroxyl groups is 1. The summed E-state index contributed by atoms with van der Waals surface area (Å²) in [5.74, 6) is -0.346. The number of epoxide rings is 1. The van der Waals surface area contributed by atoms with Gasteiger partial charge in [0.05, 0.1) is 30.5 Å². The van der Waals surface area contributed by atoms with Gasteiger partial charge in [-0.05, 0) is 59.5 Å². The molecular weight excluding hydrogens is 462 g/mol. The molecule has 3 aliphatic heterocycles. The molecular formula is C28H43NO7. The second kappa shape index (κ2) is 11.6. The summed E-state index contributed by atoms with van der Waals surface area (Å²) < 4.78 is 23.0. The highest BCUT2D eigenvalue weighted by Gasteiger charge is 2.60. The average molecular weight is 506 g/mol. The minimum absolute atomic E-state index is 0.0506. The molecule has 1 amide bonds. The third-order valence-electron chi connectivity index (χ3n) is 7.18. The minimum atomic E-state index is -0.663. The van der Waals surface area contributed by atoms with Crippen LogP contribution >= 0.6 is 0 Å². The molecule has 3 aliphatic rings. The Hall–Kier alpha value is -2.00. The first-order valence-electron chi connectivity index (χ1n) is 13.0. The highest BCUT2D eigenvalue weighted by molar-refractivity contribution is 5.87. The molecule has 2 N–H and O–H groups in total. The Morgan fingerprint density at radius 2 is 1.92 bits per heavy atom. The molecule has 0 aromatic rings. The third-order valence-corrected chi connectivity index (χ3v) is 7.18. The highest BCUT2D eigenvalue weighted by Crippen LogP contribution is 2.46. The molecule has 3 rings (SSSR count). The summed E-state index contributed by atoms with van der Waals surface area (Å²) in [5, 5.41) is 13.7. The van der Waals surface area contributed by atoms with Crippen molar-refractivity contribution in [2.45, 2.75) is 115 Å². The van der Waals surface area contributed by atoms with Gasteiger partial charge >= 0.3 is 5.97 Å². The zero-order chi connectivity index (χ0) is 26.7. The van der Waals surface area contributed by atoms with Gasteiger partial charge in [0.25, 0.3) is 0 Å². The smallest absolute Gasteiger partial charge is 0.303 e. The van der Waals surface area contributed by atoms with E-state index in [4.69, 9.17) is 18.9 Å². The first kappa shape index (κ1) is 28.6. The molecule has 0 bridgehead atoms. The molecule has 3 fully saturated rings. The lowest BCUT2D eigenvalue weighted by Gasteiger charge is -2.41. The van der Waals surface area contributed by atoms with Crippen LogP contribution in [0.2, 0.25) is 0 Å². The van der Waals surface area contributed by atoms with Crippen molar-refractivity contribution in [3.8, 4) is 0 Å². The summed E-state index contributed by atoms with van der Waals surface area (Å²) in [6.07, 6.45) is 9.71. The number of hydrogen-bond donors (Lipinski definition) is 2. The zero-order valence-corrected chi connectivity index (χ0v) is 22.7. The average Bonchev–Trinajstić information content (AvgIpc) is 3.54. The van der Waals surface area contributed by atoms with Crippen LogP contribution in [-0.4, -0.2) is 71.4 Å². The molecule has 8 nitrogen and oxygen atoms in total. The van der Waals surface area contributed by atoms with E-state index < -0.39 is 23.9 Å². The third kappa shape index (κ3) is 7.75. The van der Waals surface area contributed by atoms with Gasteiger partial charge in [-0.1, -0.05) is 30.7 Å².